The first kappa shape index (κ1) is 16.5. The van der Waals surface area contributed by atoms with Crippen molar-refractivity contribution in [2.24, 2.45) is 0 Å². The number of nitrogens with zero attached hydrogens (tertiary/aromatic N) is 2. The Hall–Kier alpha value is -2.92. The highest BCUT2D eigenvalue weighted by Crippen LogP contribution is 2.19. The highest BCUT2D eigenvalue weighted by Gasteiger charge is 2.08. The molecular formula is C21H16BrN3O. The Kier molecular flexibility index (Phi) is 4.54. The van der Waals surface area contributed by atoms with E-state index in [2.05, 4.69) is 38.4 Å². The molecule has 128 valence electrons. The Morgan fingerprint density at radius 1 is 0.923 bits per heavy atom. The summed E-state index contributed by atoms with van der Waals surface area (Å²) in [6.07, 6.45) is 3.86. The van der Waals surface area contributed by atoms with E-state index in [1.165, 1.54) is 0 Å². The van der Waals surface area contributed by atoms with Gasteiger partial charge in [0.2, 0.25) is 0 Å². The molecule has 2 aromatic carbocycles. The van der Waals surface area contributed by atoms with Crippen LogP contribution >= 0.6 is 15.9 Å². The fourth-order valence-electron chi connectivity index (χ4n) is 2.82. The van der Waals surface area contributed by atoms with Gasteiger partial charge in [-0.05, 0) is 51.3 Å². The van der Waals surface area contributed by atoms with Crippen LogP contribution in [0.2, 0.25) is 0 Å². The molecule has 1 amide bonds. The molecule has 0 aliphatic heterocycles. The van der Waals surface area contributed by atoms with Gasteiger partial charge in [0.25, 0.3) is 5.91 Å². The van der Waals surface area contributed by atoms with Crippen molar-refractivity contribution in [3.63, 3.8) is 0 Å². The molecular weight excluding hydrogens is 390 g/mol. The SMILES string of the molecule is O=C(NCc1cn2cc(Br)ccc2n1)c1ccc(-c2ccccc2)cc1. The quantitative estimate of drug-likeness (QED) is 0.534. The number of amides is 1. The molecule has 4 nitrogen and oxygen atoms in total. The van der Waals surface area contributed by atoms with Gasteiger partial charge in [-0.25, -0.2) is 4.98 Å². The third-order valence-electron chi connectivity index (χ3n) is 4.15. The van der Waals surface area contributed by atoms with E-state index in [1.54, 1.807) is 0 Å². The predicted molar refractivity (Wildman–Crippen MR) is 106 cm³/mol. The van der Waals surface area contributed by atoms with E-state index in [0.717, 1.165) is 26.9 Å². The van der Waals surface area contributed by atoms with Crippen LogP contribution in [0.1, 0.15) is 16.1 Å². The van der Waals surface area contributed by atoms with Gasteiger partial charge >= 0.3 is 0 Å². The number of halogens is 1. The molecule has 0 saturated heterocycles. The number of aromatic nitrogens is 2. The van der Waals surface area contributed by atoms with Crippen molar-refractivity contribution < 1.29 is 4.79 Å². The number of imidazole rings is 1. The smallest absolute Gasteiger partial charge is 0.251 e. The largest absolute Gasteiger partial charge is 0.346 e. The number of benzene rings is 2. The predicted octanol–water partition coefficient (Wildman–Crippen LogP) is 4.69. The summed E-state index contributed by atoms with van der Waals surface area (Å²) in [5.41, 5.74) is 4.53. The second-order valence-electron chi connectivity index (χ2n) is 5.97. The fourth-order valence-corrected chi connectivity index (χ4v) is 3.17. The highest BCUT2D eigenvalue weighted by atomic mass is 79.9. The van der Waals surface area contributed by atoms with E-state index < -0.39 is 0 Å². The molecule has 0 aliphatic carbocycles. The van der Waals surface area contributed by atoms with Crippen molar-refractivity contribution in [1.82, 2.24) is 14.7 Å². The zero-order valence-electron chi connectivity index (χ0n) is 13.9. The minimum Gasteiger partial charge on any atom is -0.346 e. The Bertz CT molecular complexity index is 1060. The Morgan fingerprint density at radius 3 is 2.42 bits per heavy atom. The van der Waals surface area contributed by atoms with Crippen molar-refractivity contribution in [3.05, 3.63) is 94.9 Å². The lowest BCUT2D eigenvalue weighted by atomic mass is 10.0. The van der Waals surface area contributed by atoms with Crippen molar-refractivity contribution >= 4 is 27.5 Å². The second-order valence-corrected chi connectivity index (χ2v) is 6.89. The summed E-state index contributed by atoms with van der Waals surface area (Å²) in [5, 5.41) is 2.92. The van der Waals surface area contributed by atoms with Crippen molar-refractivity contribution in [1.29, 1.82) is 0 Å². The lowest BCUT2D eigenvalue weighted by Crippen LogP contribution is -2.22. The van der Waals surface area contributed by atoms with E-state index in [-0.39, 0.29) is 5.91 Å². The van der Waals surface area contributed by atoms with Gasteiger partial charge in [-0.15, -0.1) is 0 Å². The van der Waals surface area contributed by atoms with Gasteiger partial charge in [0, 0.05) is 22.4 Å². The van der Waals surface area contributed by atoms with Gasteiger partial charge in [0.1, 0.15) is 5.65 Å². The van der Waals surface area contributed by atoms with Crippen molar-refractivity contribution in [2.45, 2.75) is 6.54 Å². The van der Waals surface area contributed by atoms with Crippen molar-refractivity contribution in [3.8, 4) is 11.1 Å². The first-order valence-electron chi connectivity index (χ1n) is 8.26. The summed E-state index contributed by atoms with van der Waals surface area (Å²) in [5.74, 6) is -0.108. The molecule has 0 bridgehead atoms. The van der Waals surface area contributed by atoms with Crippen LogP contribution < -0.4 is 5.32 Å². The molecule has 0 spiro atoms. The number of carbonyl (C=O) groups excluding carboxylic acids is 1. The molecule has 2 heterocycles. The van der Waals surface area contributed by atoms with E-state index in [0.29, 0.717) is 12.1 Å². The molecule has 0 unspecified atom stereocenters. The Labute approximate surface area is 159 Å². The van der Waals surface area contributed by atoms with Crippen LogP contribution in [0.25, 0.3) is 16.8 Å². The number of rotatable bonds is 4. The summed E-state index contributed by atoms with van der Waals surface area (Å²) in [4.78, 5) is 16.9. The van der Waals surface area contributed by atoms with Crippen LogP contribution in [-0.4, -0.2) is 15.3 Å². The molecule has 2 aromatic heterocycles. The monoisotopic (exact) mass is 405 g/mol. The van der Waals surface area contributed by atoms with Gasteiger partial charge in [0.15, 0.2) is 0 Å². The molecule has 0 radical (unpaired) electrons. The molecule has 0 fully saturated rings. The molecule has 0 atom stereocenters. The Balaban J connectivity index is 1.44. The minimum atomic E-state index is -0.108. The molecule has 4 aromatic rings. The van der Waals surface area contributed by atoms with Crippen LogP contribution in [0.5, 0.6) is 0 Å². The molecule has 0 aliphatic rings. The maximum Gasteiger partial charge on any atom is 0.251 e. The highest BCUT2D eigenvalue weighted by molar-refractivity contribution is 9.10. The summed E-state index contributed by atoms with van der Waals surface area (Å²) >= 11 is 3.44. The number of hydrogen-bond acceptors (Lipinski definition) is 2. The first-order chi connectivity index (χ1) is 12.7. The van der Waals surface area contributed by atoms with Crippen LogP contribution in [0.3, 0.4) is 0 Å². The molecule has 0 saturated carbocycles. The zero-order valence-corrected chi connectivity index (χ0v) is 15.5. The van der Waals surface area contributed by atoms with Gasteiger partial charge in [-0.1, -0.05) is 42.5 Å². The average Bonchev–Trinajstić information content (AvgIpc) is 3.09. The van der Waals surface area contributed by atoms with Gasteiger partial charge in [-0.2, -0.15) is 0 Å². The van der Waals surface area contributed by atoms with Crippen LogP contribution in [0.15, 0.2) is 83.6 Å². The van der Waals surface area contributed by atoms with Crippen molar-refractivity contribution in [2.75, 3.05) is 0 Å². The van der Waals surface area contributed by atoms with Crippen LogP contribution in [0.4, 0.5) is 0 Å². The first-order valence-corrected chi connectivity index (χ1v) is 9.05. The van der Waals surface area contributed by atoms with Crippen LogP contribution in [0, 0.1) is 0 Å². The normalized spacial score (nSPS) is 10.8. The van der Waals surface area contributed by atoms with Gasteiger partial charge in [-0.3, -0.25) is 4.79 Å². The van der Waals surface area contributed by atoms with Gasteiger partial charge in [0.05, 0.1) is 12.2 Å². The number of nitrogens with one attached hydrogen (secondary N) is 1. The number of carbonyl (C=O) groups is 1. The lowest BCUT2D eigenvalue weighted by Gasteiger charge is -2.05. The molecule has 4 rings (SSSR count). The molecule has 1 N–H and O–H groups in total. The number of hydrogen-bond donors (Lipinski definition) is 1. The topological polar surface area (TPSA) is 46.4 Å². The fraction of sp³-hybridized carbons (Fsp3) is 0.0476. The zero-order chi connectivity index (χ0) is 17.9. The third kappa shape index (κ3) is 3.53. The van der Waals surface area contributed by atoms with E-state index >= 15 is 0 Å². The lowest BCUT2D eigenvalue weighted by molar-refractivity contribution is 0.0950. The summed E-state index contributed by atoms with van der Waals surface area (Å²) in [6, 6.07) is 21.6. The second kappa shape index (κ2) is 7.14. The average molecular weight is 406 g/mol. The van der Waals surface area contributed by atoms with E-state index in [4.69, 9.17) is 0 Å². The maximum absolute atomic E-state index is 12.4. The summed E-state index contributed by atoms with van der Waals surface area (Å²) in [7, 11) is 0. The Morgan fingerprint density at radius 2 is 1.65 bits per heavy atom. The molecule has 5 heteroatoms. The summed E-state index contributed by atoms with van der Waals surface area (Å²) in [6.45, 7) is 0.387. The standard InChI is InChI=1S/C21H16BrN3O/c22-18-10-11-20-24-19(14-25(20)13-18)12-23-21(26)17-8-6-16(7-9-17)15-4-2-1-3-5-15/h1-11,13-14H,12H2,(H,23,26). The summed E-state index contributed by atoms with van der Waals surface area (Å²) < 4.78 is 2.91. The maximum atomic E-state index is 12.4. The van der Waals surface area contributed by atoms with Gasteiger partial charge < -0.3 is 9.72 Å². The third-order valence-corrected chi connectivity index (χ3v) is 4.62. The van der Waals surface area contributed by atoms with E-state index in [9.17, 15) is 4.79 Å². The molecule has 26 heavy (non-hydrogen) atoms. The van der Waals surface area contributed by atoms with Crippen LogP contribution in [-0.2, 0) is 6.54 Å². The minimum absolute atomic E-state index is 0.108. The number of pyridine rings is 1. The number of fused-ring (bicyclic) bond motifs is 1. The van der Waals surface area contributed by atoms with E-state index in [1.807, 2.05) is 71.4 Å².